The van der Waals surface area contributed by atoms with Gasteiger partial charge in [0.15, 0.2) is 0 Å². The van der Waals surface area contributed by atoms with Crippen LogP contribution in [0.2, 0.25) is 0 Å². The number of alkyl halides is 6. The van der Waals surface area contributed by atoms with E-state index in [0.29, 0.717) is 23.3 Å². The molecule has 0 unspecified atom stereocenters. The molecule has 0 amide bonds. The van der Waals surface area contributed by atoms with Gasteiger partial charge in [0.25, 0.3) is 0 Å². The second-order valence-corrected chi connectivity index (χ2v) is 7.38. The summed E-state index contributed by atoms with van der Waals surface area (Å²) in [6.07, 6.45) is -7.38. The molecule has 0 saturated heterocycles. The number of nitrogens with zero attached hydrogens (tertiary/aromatic N) is 1. The summed E-state index contributed by atoms with van der Waals surface area (Å²) >= 11 is 0.809. The highest BCUT2D eigenvalue weighted by Crippen LogP contribution is 2.37. The van der Waals surface area contributed by atoms with Crippen LogP contribution in [-0.4, -0.2) is 31.5 Å². The van der Waals surface area contributed by atoms with Gasteiger partial charge in [0.2, 0.25) is 0 Å². The summed E-state index contributed by atoms with van der Waals surface area (Å²) in [6, 6.07) is 7.64. The lowest BCUT2D eigenvalue weighted by Crippen LogP contribution is -2.13. The zero-order valence-electron chi connectivity index (χ0n) is 18.1. The summed E-state index contributed by atoms with van der Waals surface area (Å²) in [5.74, 6) is -0.689. The zero-order chi connectivity index (χ0) is 25.5. The average molecular weight is 507 g/mol. The van der Waals surface area contributed by atoms with Gasteiger partial charge in [0, 0.05) is 11.1 Å². The Labute approximate surface area is 195 Å². The molecular weight excluding hydrogens is 488 g/mol. The van der Waals surface area contributed by atoms with E-state index in [1.165, 1.54) is 26.7 Å². The quantitative estimate of drug-likeness (QED) is 0.0859. The predicted octanol–water partition coefficient (Wildman–Crippen LogP) is 6.13. The van der Waals surface area contributed by atoms with E-state index in [1.807, 2.05) is 0 Å². The molecule has 2 rings (SSSR count). The molecule has 0 heterocycles. The van der Waals surface area contributed by atoms with Crippen LogP contribution in [0, 0.1) is 0 Å². The number of thioether (sulfide) groups is 1. The van der Waals surface area contributed by atoms with Crippen molar-refractivity contribution in [3.05, 3.63) is 76.5 Å². The van der Waals surface area contributed by atoms with Gasteiger partial charge in [0.1, 0.15) is 17.2 Å². The Morgan fingerprint density at radius 1 is 1.00 bits per heavy atom. The van der Waals surface area contributed by atoms with Crippen molar-refractivity contribution in [2.24, 2.45) is 5.16 Å². The minimum absolute atomic E-state index is 0.0367. The van der Waals surface area contributed by atoms with Crippen LogP contribution in [0.1, 0.15) is 27.8 Å². The molecule has 0 radical (unpaired) electrons. The number of ether oxygens (including phenoxy) is 2. The first kappa shape index (κ1) is 27.1. The summed E-state index contributed by atoms with van der Waals surface area (Å²) in [6.45, 7) is -0.247. The van der Waals surface area contributed by atoms with E-state index in [9.17, 15) is 31.1 Å². The fourth-order valence-corrected chi connectivity index (χ4v) is 3.29. The third-order valence-corrected chi connectivity index (χ3v) is 5.04. The number of hydrogen-bond acceptors (Lipinski definition) is 6. The smallest absolute Gasteiger partial charge is 0.416 e. The summed E-state index contributed by atoms with van der Waals surface area (Å²) in [7, 11) is 2.52. The zero-order valence-corrected chi connectivity index (χ0v) is 18.9. The number of carbonyl (C=O) groups is 1. The normalized spacial score (nSPS) is 13.0. The Bertz CT molecular complexity index is 1050. The maximum absolute atomic E-state index is 13.2. The van der Waals surface area contributed by atoms with Crippen LogP contribution in [0.5, 0.6) is 0 Å². The molecule has 0 atom stereocenters. The summed E-state index contributed by atoms with van der Waals surface area (Å²) in [5.41, 5.74) is -2.42. The van der Waals surface area contributed by atoms with Crippen molar-refractivity contribution in [3.8, 4) is 0 Å². The molecule has 184 valence electrons. The lowest BCUT2D eigenvalue weighted by Gasteiger charge is -2.15. The molecule has 12 heteroatoms. The molecule has 0 aliphatic carbocycles. The molecule has 0 saturated carbocycles. The monoisotopic (exact) mass is 507 g/mol. The van der Waals surface area contributed by atoms with Crippen molar-refractivity contribution in [1.82, 2.24) is 0 Å². The number of carbonyl (C=O) groups excluding carboxylic acids is 1. The van der Waals surface area contributed by atoms with Crippen molar-refractivity contribution in [1.29, 1.82) is 0 Å². The number of esters is 1. The Morgan fingerprint density at radius 3 is 2.09 bits per heavy atom. The molecule has 0 spiro atoms. The minimum atomic E-state index is -4.99. The topological polar surface area (TPSA) is 57.1 Å². The Kier molecular flexibility index (Phi) is 9.02. The van der Waals surface area contributed by atoms with Crippen LogP contribution in [0.4, 0.5) is 26.3 Å². The van der Waals surface area contributed by atoms with Gasteiger partial charge in [-0.1, -0.05) is 29.4 Å². The van der Waals surface area contributed by atoms with Crippen LogP contribution in [-0.2, 0) is 38.1 Å². The van der Waals surface area contributed by atoms with Crippen molar-refractivity contribution >= 4 is 28.3 Å². The van der Waals surface area contributed by atoms with Gasteiger partial charge in [0.05, 0.1) is 31.6 Å². The van der Waals surface area contributed by atoms with E-state index >= 15 is 0 Å². The number of methoxy groups -OCH3 is 2. The first-order valence-electron chi connectivity index (χ1n) is 9.35. The third-order valence-electron chi connectivity index (χ3n) is 4.34. The minimum Gasteiger partial charge on any atom is -0.503 e. The molecule has 0 aromatic heterocycles. The van der Waals surface area contributed by atoms with Gasteiger partial charge >= 0.3 is 18.3 Å². The SMILES string of the molecule is CO/C=C(\C(=O)OC)c1ccccc1CO/N=C(\SC)c1cc(C(F)(F)F)cc(C(F)(F)F)c1. The highest BCUT2D eigenvalue weighted by atomic mass is 32.2. The molecule has 5 nitrogen and oxygen atoms in total. The van der Waals surface area contributed by atoms with Gasteiger partial charge in [-0.25, -0.2) is 4.79 Å². The summed E-state index contributed by atoms with van der Waals surface area (Å²) in [5, 5.41) is 3.54. The van der Waals surface area contributed by atoms with E-state index in [4.69, 9.17) is 14.3 Å². The lowest BCUT2D eigenvalue weighted by molar-refractivity contribution is -0.143. The number of oxime groups is 1. The molecule has 0 bridgehead atoms. The predicted molar refractivity (Wildman–Crippen MR) is 115 cm³/mol. The van der Waals surface area contributed by atoms with Gasteiger partial charge in [-0.05, 0) is 30.0 Å². The molecule has 2 aromatic rings. The largest absolute Gasteiger partial charge is 0.503 e. The summed E-state index contributed by atoms with van der Waals surface area (Å²) < 4.78 is 88.6. The Balaban J connectivity index is 2.40. The molecule has 34 heavy (non-hydrogen) atoms. The average Bonchev–Trinajstić information content (AvgIpc) is 2.78. The lowest BCUT2D eigenvalue weighted by atomic mass is 10.0. The van der Waals surface area contributed by atoms with E-state index in [2.05, 4.69) is 5.16 Å². The van der Waals surface area contributed by atoms with Crippen molar-refractivity contribution < 1.29 is 45.4 Å². The van der Waals surface area contributed by atoms with Crippen molar-refractivity contribution in [3.63, 3.8) is 0 Å². The number of hydrogen-bond donors (Lipinski definition) is 0. The van der Waals surface area contributed by atoms with Crippen LogP contribution < -0.4 is 0 Å². The van der Waals surface area contributed by atoms with E-state index in [-0.39, 0.29) is 23.3 Å². The van der Waals surface area contributed by atoms with Crippen molar-refractivity contribution in [2.45, 2.75) is 19.0 Å². The maximum atomic E-state index is 13.2. The first-order valence-corrected chi connectivity index (χ1v) is 10.6. The second-order valence-electron chi connectivity index (χ2n) is 6.58. The van der Waals surface area contributed by atoms with Gasteiger partial charge < -0.3 is 14.3 Å². The molecular formula is C22H19F6NO4S. The second kappa shape index (κ2) is 11.3. The van der Waals surface area contributed by atoms with E-state index in [1.54, 1.807) is 24.3 Å². The number of benzene rings is 2. The van der Waals surface area contributed by atoms with Crippen LogP contribution >= 0.6 is 11.8 Å². The Hall–Kier alpha value is -3.15. The van der Waals surface area contributed by atoms with Gasteiger partial charge in [-0.2, -0.15) is 26.3 Å². The molecule has 0 N–H and O–H groups in total. The summed E-state index contributed by atoms with van der Waals surface area (Å²) in [4.78, 5) is 17.3. The fourth-order valence-electron chi connectivity index (χ4n) is 2.80. The van der Waals surface area contributed by atoms with Crippen LogP contribution in [0.15, 0.2) is 53.9 Å². The van der Waals surface area contributed by atoms with E-state index < -0.39 is 35.0 Å². The van der Waals surface area contributed by atoms with E-state index in [0.717, 1.165) is 11.8 Å². The standard InChI is InChI=1S/C22H19F6NO4S/c1-31-12-18(20(30)32-2)17-7-5-4-6-13(17)11-33-29-19(34-3)14-8-15(21(23,24)25)10-16(9-14)22(26,27)28/h4-10,12H,11H2,1-3H3/b18-12-,29-19-. The first-order chi connectivity index (χ1) is 15.9. The maximum Gasteiger partial charge on any atom is 0.416 e. The van der Waals surface area contributed by atoms with Crippen LogP contribution in [0.25, 0.3) is 5.57 Å². The highest BCUT2D eigenvalue weighted by Gasteiger charge is 2.37. The molecule has 2 aromatic carbocycles. The fraction of sp³-hybridized carbons (Fsp3) is 0.273. The van der Waals surface area contributed by atoms with Gasteiger partial charge in [-0.3, -0.25) is 0 Å². The Morgan fingerprint density at radius 2 is 1.59 bits per heavy atom. The number of halogens is 6. The molecule has 0 aliphatic rings. The van der Waals surface area contributed by atoms with Crippen molar-refractivity contribution in [2.75, 3.05) is 20.5 Å². The molecule has 0 fully saturated rings. The van der Waals surface area contributed by atoms with Crippen LogP contribution in [0.3, 0.4) is 0 Å². The number of rotatable bonds is 7. The third kappa shape index (κ3) is 6.92. The van der Waals surface area contributed by atoms with Gasteiger partial charge in [-0.15, -0.1) is 11.8 Å². The highest BCUT2D eigenvalue weighted by molar-refractivity contribution is 8.13. The molecule has 0 aliphatic heterocycles.